The summed E-state index contributed by atoms with van der Waals surface area (Å²) in [6.45, 7) is 3.19. The largest absolute Gasteiger partial charge is 0.501 e. The highest BCUT2D eigenvalue weighted by Crippen LogP contribution is 2.36. The minimum absolute atomic E-state index is 0.0809. The van der Waals surface area contributed by atoms with E-state index in [2.05, 4.69) is 0 Å². The fourth-order valence-electron chi connectivity index (χ4n) is 1.47. The molecule has 18 heavy (non-hydrogen) atoms. The lowest BCUT2D eigenvalue weighted by Gasteiger charge is -2.19. The molecule has 1 aromatic rings. The monoisotopic (exact) mass is 300 g/mol. The molecule has 1 rings (SSSR count). The van der Waals surface area contributed by atoms with Crippen LogP contribution in [-0.2, 0) is 9.84 Å². The summed E-state index contributed by atoms with van der Waals surface area (Å²) in [6.07, 6.45) is 0. The molecule has 1 aromatic carbocycles. The first-order valence-electron chi connectivity index (χ1n) is 5.13. The summed E-state index contributed by atoms with van der Waals surface area (Å²) in [5.41, 5.74) is -5.23. The molecule has 0 radical (unpaired) electrons. The number of alkyl halides is 4. The van der Waals surface area contributed by atoms with Crippen LogP contribution in [0.1, 0.15) is 25.3 Å². The van der Waals surface area contributed by atoms with Gasteiger partial charge < -0.3 is 0 Å². The highest BCUT2D eigenvalue weighted by Gasteiger charge is 2.48. The second kappa shape index (κ2) is 5.09. The third kappa shape index (κ3) is 2.80. The lowest BCUT2D eigenvalue weighted by molar-refractivity contribution is -0.0436. The molecule has 2 atom stereocenters. The van der Waals surface area contributed by atoms with E-state index in [4.69, 9.17) is 11.6 Å². The molecule has 0 bridgehead atoms. The zero-order chi connectivity index (χ0) is 14.1. The summed E-state index contributed by atoms with van der Waals surface area (Å²) < 4.78 is 60.5. The molecule has 0 saturated heterocycles. The molecule has 0 aliphatic rings. The third-order valence-corrected chi connectivity index (χ3v) is 4.63. The summed E-state index contributed by atoms with van der Waals surface area (Å²) in [5.74, 6) is -0.500. The quantitative estimate of drug-likeness (QED) is 0.798. The van der Waals surface area contributed by atoms with Gasteiger partial charge in [-0.3, -0.25) is 0 Å². The number of halogens is 4. The summed E-state index contributed by atoms with van der Waals surface area (Å²) >= 11 is 5.82. The smallest absolute Gasteiger partial charge is 0.214 e. The number of rotatable bonds is 3. The average molecular weight is 301 g/mol. The molecule has 0 N–H and O–H groups in total. The van der Waals surface area contributed by atoms with Crippen LogP contribution >= 0.6 is 11.6 Å². The lowest BCUT2D eigenvalue weighted by atomic mass is 9.98. The van der Waals surface area contributed by atoms with Crippen molar-refractivity contribution in [3.8, 4) is 0 Å². The van der Waals surface area contributed by atoms with Gasteiger partial charge in [0.15, 0.2) is 0 Å². The van der Waals surface area contributed by atoms with Gasteiger partial charge in [-0.15, -0.1) is 11.6 Å². The van der Waals surface area contributed by atoms with Gasteiger partial charge in [0.2, 0.25) is 0 Å². The maximum absolute atomic E-state index is 12.5. The van der Waals surface area contributed by atoms with E-state index in [1.54, 1.807) is 13.8 Å². The van der Waals surface area contributed by atoms with Crippen LogP contribution in [0.25, 0.3) is 0 Å². The Bertz CT molecular complexity index is 523. The SMILES string of the molecule is CC(Cl)C(C)c1ccccc1S(=O)(=O)C(F)(F)F. The van der Waals surface area contributed by atoms with Gasteiger partial charge >= 0.3 is 5.51 Å². The molecule has 0 fully saturated rings. The summed E-state index contributed by atoms with van der Waals surface area (Å²) in [5, 5.41) is -0.477. The van der Waals surface area contributed by atoms with E-state index in [-0.39, 0.29) is 5.56 Å². The van der Waals surface area contributed by atoms with Gasteiger partial charge in [-0.25, -0.2) is 8.42 Å². The van der Waals surface area contributed by atoms with Crippen LogP contribution in [0.4, 0.5) is 13.2 Å². The Kier molecular flexibility index (Phi) is 4.33. The number of benzene rings is 1. The zero-order valence-corrected chi connectivity index (χ0v) is 11.3. The van der Waals surface area contributed by atoms with Crippen LogP contribution in [0.2, 0.25) is 0 Å². The summed E-state index contributed by atoms with van der Waals surface area (Å²) in [6, 6.07) is 5.05. The van der Waals surface area contributed by atoms with Crippen molar-refractivity contribution in [2.45, 2.75) is 35.5 Å². The van der Waals surface area contributed by atoms with Gasteiger partial charge in [0.25, 0.3) is 9.84 Å². The van der Waals surface area contributed by atoms with Gasteiger partial charge in [-0.05, 0) is 24.5 Å². The second-order valence-electron chi connectivity index (χ2n) is 3.95. The minimum atomic E-state index is -5.34. The predicted molar refractivity (Wildman–Crippen MR) is 63.4 cm³/mol. The molecule has 0 aromatic heterocycles. The Morgan fingerprint density at radius 3 is 2.11 bits per heavy atom. The second-order valence-corrected chi connectivity index (χ2v) is 6.55. The molecule has 2 nitrogen and oxygen atoms in total. The molecular formula is C11H12ClF3O2S. The molecule has 7 heteroatoms. The van der Waals surface area contributed by atoms with Crippen molar-refractivity contribution >= 4 is 21.4 Å². The van der Waals surface area contributed by atoms with Gasteiger partial charge in [-0.2, -0.15) is 13.2 Å². The van der Waals surface area contributed by atoms with E-state index in [9.17, 15) is 21.6 Å². The van der Waals surface area contributed by atoms with Crippen molar-refractivity contribution in [3.63, 3.8) is 0 Å². The summed E-state index contributed by atoms with van der Waals surface area (Å²) in [7, 11) is -5.34. The first-order valence-corrected chi connectivity index (χ1v) is 7.05. The standard InChI is InChI=1S/C11H12ClF3O2S/c1-7(8(2)12)9-5-3-4-6-10(9)18(16,17)11(13,14)15/h3-8H,1-2H3. The van der Waals surface area contributed by atoms with Crippen LogP contribution in [0, 0.1) is 0 Å². The van der Waals surface area contributed by atoms with Gasteiger partial charge in [0, 0.05) is 5.38 Å². The van der Waals surface area contributed by atoms with E-state index in [0.29, 0.717) is 0 Å². The van der Waals surface area contributed by atoms with Crippen molar-refractivity contribution in [2.75, 3.05) is 0 Å². The van der Waals surface area contributed by atoms with Gasteiger partial charge in [0.05, 0.1) is 4.90 Å². The van der Waals surface area contributed by atoms with E-state index < -0.39 is 31.5 Å². The number of sulfone groups is 1. The molecule has 0 amide bonds. The van der Waals surface area contributed by atoms with Crippen molar-refractivity contribution in [1.29, 1.82) is 0 Å². The minimum Gasteiger partial charge on any atom is -0.214 e. The molecule has 0 spiro atoms. The first-order chi connectivity index (χ1) is 8.09. The van der Waals surface area contributed by atoms with Crippen molar-refractivity contribution < 1.29 is 21.6 Å². The maximum Gasteiger partial charge on any atom is 0.501 e. The highest BCUT2D eigenvalue weighted by atomic mass is 35.5. The fourth-order valence-corrected chi connectivity index (χ4v) is 2.68. The molecule has 2 unspecified atom stereocenters. The fraction of sp³-hybridized carbons (Fsp3) is 0.455. The normalized spacial score (nSPS) is 16.3. The van der Waals surface area contributed by atoms with E-state index in [0.717, 1.165) is 6.07 Å². The molecular weight excluding hydrogens is 289 g/mol. The van der Waals surface area contributed by atoms with Gasteiger partial charge in [0.1, 0.15) is 0 Å². The van der Waals surface area contributed by atoms with Crippen LogP contribution in [-0.4, -0.2) is 19.3 Å². The van der Waals surface area contributed by atoms with Crippen LogP contribution in [0.15, 0.2) is 29.2 Å². The van der Waals surface area contributed by atoms with Crippen molar-refractivity contribution in [3.05, 3.63) is 29.8 Å². The zero-order valence-electron chi connectivity index (χ0n) is 9.70. The van der Waals surface area contributed by atoms with Gasteiger partial charge in [-0.1, -0.05) is 25.1 Å². The number of hydrogen-bond acceptors (Lipinski definition) is 2. The summed E-state index contributed by atoms with van der Waals surface area (Å²) in [4.78, 5) is -0.725. The first kappa shape index (κ1) is 15.3. The Morgan fingerprint density at radius 2 is 1.67 bits per heavy atom. The molecule has 0 aliphatic carbocycles. The van der Waals surface area contributed by atoms with Crippen molar-refractivity contribution in [1.82, 2.24) is 0 Å². The predicted octanol–water partition coefficient (Wildman–Crippen LogP) is 3.71. The van der Waals surface area contributed by atoms with E-state index in [1.807, 2.05) is 0 Å². The third-order valence-electron chi connectivity index (χ3n) is 2.69. The van der Waals surface area contributed by atoms with Crippen LogP contribution in [0.5, 0.6) is 0 Å². The van der Waals surface area contributed by atoms with Crippen LogP contribution < -0.4 is 0 Å². The Morgan fingerprint density at radius 1 is 1.17 bits per heavy atom. The molecule has 0 aliphatic heterocycles. The van der Waals surface area contributed by atoms with E-state index in [1.165, 1.54) is 18.2 Å². The lowest BCUT2D eigenvalue weighted by Crippen LogP contribution is -2.25. The highest BCUT2D eigenvalue weighted by molar-refractivity contribution is 7.92. The Balaban J connectivity index is 3.45. The topological polar surface area (TPSA) is 34.1 Å². The molecule has 102 valence electrons. The Labute approximate surface area is 109 Å². The van der Waals surface area contributed by atoms with Crippen LogP contribution in [0.3, 0.4) is 0 Å². The Hall–Kier alpha value is -0.750. The van der Waals surface area contributed by atoms with Crippen molar-refractivity contribution in [2.24, 2.45) is 0 Å². The number of hydrogen-bond donors (Lipinski definition) is 0. The van der Waals surface area contributed by atoms with E-state index >= 15 is 0 Å². The molecule has 0 heterocycles. The molecule has 0 saturated carbocycles. The average Bonchev–Trinajstić information content (AvgIpc) is 2.26. The maximum atomic E-state index is 12.5.